The SMILES string of the molecule is COCCOCCOCCOCCOCC(F)(F)C(F)(F)C(F)(F)C(F)(F)CN. The van der Waals surface area contributed by atoms with Crippen molar-refractivity contribution in [3.8, 4) is 0 Å². The van der Waals surface area contributed by atoms with E-state index in [9.17, 15) is 35.1 Å². The van der Waals surface area contributed by atoms with Crippen LogP contribution in [0.3, 0.4) is 0 Å². The van der Waals surface area contributed by atoms with Crippen molar-refractivity contribution in [3.63, 3.8) is 0 Å². The van der Waals surface area contributed by atoms with Crippen molar-refractivity contribution in [2.75, 3.05) is 73.1 Å². The first kappa shape index (κ1) is 28.2. The van der Waals surface area contributed by atoms with Crippen molar-refractivity contribution in [2.45, 2.75) is 23.7 Å². The molecule has 0 amide bonds. The topological polar surface area (TPSA) is 72.2 Å². The van der Waals surface area contributed by atoms with Gasteiger partial charge in [0.2, 0.25) is 0 Å². The van der Waals surface area contributed by atoms with Gasteiger partial charge in [-0.2, -0.15) is 35.1 Å². The Balaban J connectivity index is 4.06. The van der Waals surface area contributed by atoms with E-state index in [0.29, 0.717) is 19.8 Å². The van der Waals surface area contributed by atoms with Crippen molar-refractivity contribution in [1.82, 2.24) is 0 Å². The fourth-order valence-electron chi connectivity index (χ4n) is 1.68. The number of methoxy groups -OCH3 is 1. The monoisotopic (exact) mass is 451 g/mol. The zero-order valence-corrected chi connectivity index (χ0v) is 15.7. The molecule has 0 aromatic rings. The number of alkyl halides is 8. The Morgan fingerprint density at radius 2 is 0.897 bits per heavy atom. The largest absolute Gasteiger partial charge is 0.382 e. The molecule has 0 rings (SSSR count). The predicted molar refractivity (Wildman–Crippen MR) is 84.0 cm³/mol. The lowest BCUT2D eigenvalue weighted by Crippen LogP contribution is -2.65. The van der Waals surface area contributed by atoms with Gasteiger partial charge < -0.3 is 29.4 Å². The number of hydrogen-bond acceptors (Lipinski definition) is 6. The number of ether oxygens (including phenoxy) is 5. The first-order valence-corrected chi connectivity index (χ1v) is 8.38. The van der Waals surface area contributed by atoms with Gasteiger partial charge in [0.15, 0.2) is 0 Å². The minimum absolute atomic E-state index is 0.00871. The second kappa shape index (κ2) is 12.8. The quantitative estimate of drug-likeness (QED) is 0.255. The molecule has 0 aliphatic carbocycles. The third-order valence-corrected chi connectivity index (χ3v) is 3.40. The fraction of sp³-hybridized carbons (Fsp3) is 1.00. The van der Waals surface area contributed by atoms with E-state index >= 15 is 0 Å². The molecule has 14 heteroatoms. The second-order valence-corrected chi connectivity index (χ2v) is 5.64. The Bertz CT molecular complexity index is 443. The highest BCUT2D eigenvalue weighted by Gasteiger charge is 2.80. The van der Waals surface area contributed by atoms with E-state index in [1.807, 2.05) is 0 Å². The number of halogens is 8. The van der Waals surface area contributed by atoms with Gasteiger partial charge in [0.05, 0.1) is 59.4 Å². The van der Waals surface area contributed by atoms with Crippen LogP contribution in [0.25, 0.3) is 0 Å². The molecular formula is C15H25F8NO5. The van der Waals surface area contributed by atoms with Gasteiger partial charge in [-0.1, -0.05) is 0 Å². The predicted octanol–water partition coefficient (Wildman–Crippen LogP) is 2.20. The van der Waals surface area contributed by atoms with Gasteiger partial charge in [0, 0.05) is 7.11 Å². The van der Waals surface area contributed by atoms with Crippen LogP contribution in [-0.2, 0) is 23.7 Å². The van der Waals surface area contributed by atoms with Crippen LogP contribution in [-0.4, -0.2) is 96.8 Å². The Labute approximate surface area is 162 Å². The van der Waals surface area contributed by atoms with E-state index in [4.69, 9.17) is 18.9 Å². The van der Waals surface area contributed by atoms with Crippen LogP contribution in [0.15, 0.2) is 0 Å². The van der Waals surface area contributed by atoms with Gasteiger partial charge in [-0.25, -0.2) is 0 Å². The summed E-state index contributed by atoms with van der Waals surface area (Å²) in [6.07, 6.45) is 0. The number of nitrogens with two attached hydrogens (primary N) is 1. The molecule has 0 unspecified atom stereocenters. The molecule has 0 aliphatic rings. The average molecular weight is 451 g/mol. The van der Waals surface area contributed by atoms with Crippen molar-refractivity contribution < 1.29 is 58.8 Å². The third-order valence-electron chi connectivity index (χ3n) is 3.40. The molecule has 0 spiro atoms. The highest BCUT2D eigenvalue weighted by molar-refractivity contribution is 5.03. The maximum atomic E-state index is 13.4. The van der Waals surface area contributed by atoms with Gasteiger partial charge in [0.1, 0.15) is 6.61 Å². The summed E-state index contributed by atoms with van der Waals surface area (Å²) < 4.78 is 129. The Kier molecular flexibility index (Phi) is 12.4. The summed E-state index contributed by atoms with van der Waals surface area (Å²) in [6.45, 7) is -3.94. The molecule has 176 valence electrons. The van der Waals surface area contributed by atoms with Gasteiger partial charge in [0.25, 0.3) is 0 Å². The van der Waals surface area contributed by atoms with Crippen LogP contribution in [0.1, 0.15) is 0 Å². The van der Waals surface area contributed by atoms with Crippen LogP contribution in [0.4, 0.5) is 35.1 Å². The number of hydrogen-bond donors (Lipinski definition) is 1. The summed E-state index contributed by atoms with van der Waals surface area (Å²) in [4.78, 5) is 0. The molecule has 0 bridgehead atoms. The Hall–Kier alpha value is -0.800. The van der Waals surface area contributed by atoms with E-state index in [1.54, 1.807) is 0 Å². The first-order chi connectivity index (χ1) is 13.4. The third kappa shape index (κ3) is 8.45. The van der Waals surface area contributed by atoms with Crippen molar-refractivity contribution in [2.24, 2.45) is 5.73 Å². The molecule has 0 saturated heterocycles. The molecule has 0 atom stereocenters. The normalized spacial score (nSPS) is 13.9. The Morgan fingerprint density at radius 1 is 0.552 bits per heavy atom. The van der Waals surface area contributed by atoms with Crippen LogP contribution < -0.4 is 5.73 Å². The van der Waals surface area contributed by atoms with Crippen molar-refractivity contribution in [1.29, 1.82) is 0 Å². The summed E-state index contributed by atoms with van der Waals surface area (Å²) in [5.41, 5.74) is 4.28. The molecule has 2 N–H and O–H groups in total. The lowest BCUT2D eigenvalue weighted by molar-refractivity contribution is -0.369. The number of rotatable bonds is 18. The minimum Gasteiger partial charge on any atom is -0.382 e. The lowest BCUT2D eigenvalue weighted by Gasteiger charge is -2.36. The molecule has 0 heterocycles. The smallest absolute Gasteiger partial charge is 0.380 e. The fourth-order valence-corrected chi connectivity index (χ4v) is 1.68. The van der Waals surface area contributed by atoms with Gasteiger partial charge in [-0.3, -0.25) is 0 Å². The van der Waals surface area contributed by atoms with Gasteiger partial charge in [-0.15, -0.1) is 0 Å². The molecule has 0 aromatic heterocycles. The summed E-state index contributed by atoms with van der Waals surface area (Å²) in [5.74, 6) is -23.9. The van der Waals surface area contributed by atoms with E-state index < -0.39 is 43.4 Å². The summed E-state index contributed by atoms with van der Waals surface area (Å²) >= 11 is 0. The zero-order valence-electron chi connectivity index (χ0n) is 15.7. The molecule has 0 aliphatic heterocycles. The van der Waals surface area contributed by atoms with E-state index in [0.717, 1.165) is 0 Å². The molecule has 0 saturated carbocycles. The zero-order chi connectivity index (χ0) is 22.6. The van der Waals surface area contributed by atoms with Crippen LogP contribution >= 0.6 is 0 Å². The average Bonchev–Trinajstić information content (AvgIpc) is 2.64. The summed E-state index contributed by atoms with van der Waals surface area (Å²) in [5, 5.41) is 0. The van der Waals surface area contributed by atoms with Gasteiger partial charge >= 0.3 is 23.7 Å². The highest BCUT2D eigenvalue weighted by atomic mass is 19.4. The molecule has 0 radical (unpaired) electrons. The molecule has 6 nitrogen and oxygen atoms in total. The van der Waals surface area contributed by atoms with Crippen molar-refractivity contribution in [3.05, 3.63) is 0 Å². The second-order valence-electron chi connectivity index (χ2n) is 5.64. The van der Waals surface area contributed by atoms with E-state index in [-0.39, 0.29) is 26.4 Å². The van der Waals surface area contributed by atoms with Crippen LogP contribution in [0.2, 0.25) is 0 Å². The lowest BCUT2D eigenvalue weighted by atomic mass is 9.99. The van der Waals surface area contributed by atoms with Crippen LogP contribution in [0, 0.1) is 0 Å². The van der Waals surface area contributed by atoms with Gasteiger partial charge in [-0.05, 0) is 0 Å². The molecule has 29 heavy (non-hydrogen) atoms. The first-order valence-electron chi connectivity index (χ1n) is 8.38. The van der Waals surface area contributed by atoms with Crippen molar-refractivity contribution >= 4 is 0 Å². The molecule has 0 fully saturated rings. The van der Waals surface area contributed by atoms with E-state index in [1.165, 1.54) is 7.11 Å². The maximum Gasteiger partial charge on any atom is 0.380 e. The molecular weight excluding hydrogens is 426 g/mol. The highest BCUT2D eigenvalue weighted by Crippen LogP contribution is 2.52. The minimum atomic E-state index is -6.39. The molecule has 0 aromatic carbocycles. The van der Waals surface area contributed by atoms with E-state index in [2.05, 4.69) is 10.5 Å². The summed E-state index contributed by atoms with van der Waals surface area (Å²) in [7, 11) is 1.52. The Morgan fingerprint density at radius 3 is 1.28 bits per heavy atom. The standard InChI is InChI=1S/C15H25F8NO5/c1-25-2-3-26-4-5-27-6-7-28-8-9-29-11-13(18,19)15(22,23)14(20,21)12(16,17)10-24/h2-11,24H2,1H3. The summed E-state index contributed by atoms with van der Waals surface area (Å²) in [6, 6.07) is 0. The maximum absolute atomic E-state index is 13.4. The van der Waals surface area contributed by atoms with Crippen LogP contribution in [0.5, 0.6) is 0 Å².